The SMILES string of the molecule is CCCCN1CCCC1CNC(=O)c1cc(Br)c2ccccc2c1OC.Cl. The predicted octanol–water partition coefficient (Wildman–Crippen LogP) is 5.03. The minimum absolute atomic E-state index is 0. The molecule has 1 amide bonds. The van der Waals surface area contributed by atoms with E-state index in [1.165, 1.54) is 19.3 Å². The average Bonchev–Trinajstić information content (AvgIpc) is 3.11. The molecule has 0 bridgehead atoms. The van der Waals surface area contributed by atoms with Gasteiger partial charge in [-0.15, -0.1) is 12.4 Å². The smallest absolute Gasteiger partial charge is 0.255 e. The summed E-state index contributed by atoms with van der Waals surface area (Å²) in [7, 11) is 1.62. The molecule has 1 atom stereocenters. The number of unbranched alkanes of at least 4 members (excludes halogenated alkanes) is 1. The monoisotopic (exact) mass is 454 g/mol. The normalized spacial score (nSPS) is 16.9. The molecule has 1 unspecified atom stereocenters. The largest absolute Gasteiger partial charge is 0.495 e. The fourth-order valence-electron chi connectivity index (χ4n) is 3.78. The lowest BCUT2D eigenvalue weighted by Gasteiger charge is -2.24. The van der Waals surface area contributed by atoms with Crippen LogP contribution in [-0.2, 0) is 0 Å². The van der Waals surface area contributed by atoms with Gasteiger partial charge in [-0.25, -0.2) is 0 Å². The number of hydrogen-bond donors (Lipinski definition) is 1. The number of likely N-dealkylation sites (tertiary alicyclic amines) is 1. The molecule has 4 nitrogen and oxygen atoms in total. The summed E-state index contributed by atoms with van der Waals surface area (Å²) in [6, 6.07) is 10.3. The van der Waals surface area contributed by atoms with E-state index < -0.39 is 0 Å². The molecule has 2 aromatic carbocycles. The number of halogens is 2. The number of amides is 1. The lowest BCUT2D eigenvalue weighted by atomic mass is 10.0. The summed E-state index contributed by atoms with van der Waals surface area (Å²) in [5, 5.41) is 5.12. The molecule has 3 rings (SSSR count). The van der Waals surface area contributed by atoms with Crippen molar-refractivity contribution in [3.63, 3.8) is 0 Å². The first-order valence-corrected chi connectivity index (χ1v) is 10.2. The van der Waals surface area contributed by atoms with Crippen LogP contribution in [0.1, 0.15) is 43.0 Å². The Bertz CT molecular complexity index is 784. The summed E-state index contributed by atoms with van der Waals surface area (Å²) in [5.41, 5.74) is 0.580. The van der Waals surface area contributed by atoms with Gasteiger partial charge in [-0.1, -0.05) is 53.5 Å². The third kappa shape index (κ3) is 4.95. The van der Waals surface area contributed by atoms with E-state index >= 15 is 0 Å². The van der Waals surface area contributed by atoms with Crippen LogP contribution in [0.4, 0.5) is 0 Å². The fraction of sp³-hybridized carbons (Fsp3) is 0.476. The van der Waals surface area contributed by atoms with Crippen molar-refractivity contribution in [1.82, 2.24) is 10.2 Å². The van der Waals surface area contributed by atoms with Gasteiger partial charge in [-0.05, 0) is 43.8 Å². The Hall–Kier alpha value is -1.30. The molecule has 6 heteroatoms. The summed E-state index contributed by atoms with van der Waals surface area (Å²) >= 11 is 3.59. The third-order valence-electron chi connectivity index (χ3n) is 5.19. The maximum atomic E-state index is 12.9. The summed E-state index contributed by atoms with van der Waals surface area (Å²) in [5.74, 6) is 0.561. The molecule has 0 aromatic heterocycles. The molecule has 1 aliphatic rings. The van der Waals surface area contributed by atoms with Crippen LogP contribution < -0.4 is 10.1 Å². The number of nitrogens with one attached hydrogen (secondary N) is 1. The van der Waals surface area contributed by atoms with E-state index in [1.807, 2.05) is 30.3 Å². The number of carbonyl (C=O) groups is 1. The van der Waals surface area contributed by atoms with Crippen LogP contribution in [0.3, 0.4) is 0 Å². The van der Waals surface area contributed by atoms with E-state index in [0.717, 1.165) is 34.8 Å². The van der Waals surface area contributed by atoms with Crippen LogP contribution in [0.25, 0.3) is 10.8 Å². The van der Waals surface area contributed by atoms with Crippen LogP contribution in [0.15, 0.2) is 34.8 Å². The fourth-order valence-corrected chi connectivity index (χ4v) is 4.36. The molecule has 1 heterocycles. The van der Waals surface area contributed by atoms with Crippen molar-refractivity contribution in [2.24, 2.45) is 0 Å². The Balaban J connectivity index is 0.00000261. The molecule has 1 fully saturated rings. The van der Waals surface area contributed by atoms with Crippen LogP contribution >= 0.6 is 28.3 Å². The number of hydrogen-bond acceptors (Lipinski definition) is 3. The molecule has 1 aliphatic heterocycles. The third-order valence-corrected chi connectivity index (χ3v) is 5.85. The van der Waals surface area contributed by atoms with E-state index in [2.05, 4.69) is 33.1 Å². The summed E-state index contributed by atoms with van der Waals surface area (Å²) < 4.78 is 6.50. The van der Waals surface area contributed by atoms with Crippen molar-refractivity contribution in [2.45, 2.75) is 38.6 Å². The van der Waals surface area contributed by atoms with Crippen molar-refractivity contribution in [1.29, 1.82) is 0 Å². The second kappa shape index (κ2) is 10.3. The Kier molecular flexibility index (Phi) is 8.39. The van der Waals surface area contributed by atoms with Crippen molar-refractivity contribution in [3.8, 4) is 5.75 Å². The highest BCUT2D eigenvalue weighted by atomic mass is 79.9. The van der Waals surface area contributed by atoms with Gasteiger partial charge in [0.05, 0.1) is 12.7 Å². The molecule has 1 N–H and O–H groups in total. The molecular formula is C21H28BrClN2O2. The van der Waals surface area contributed by atoms with Gasteiger partial charge in [0, 0.05) is 22.4 Å². The molecule has 0 radical (unpaired) electrons. The van der Waals surface area contributed by atoms with Crippen molar-refractivity contribution in [2.75, 3.05) is 26.7 Å². The van der Waals surface area contributed by atoms with Crippen LogP contribution in [0, 0.1) is 0 Å². The number of benzene rings is 2. The number of carbonyl (C=O) groups excluding carboxylic acids is 1. The first-order chi connectivity index (χ1) is 12.7. The molecule has 0 saturated carbocycles. The summed E-state index contributed by atoms with van der Waals surface area (Å²) in [4.78, 5) is 15.4. The van der Waals surface area contributed by atoms with Crippen molar-refractivity contribution in [3.05, 3.63) is 40.4 Å². The second-order valence-electron chi connectivity index (χ2n) is 6.88. The minimum atomic E-state index is -0.0735. The molecule has 27 heavy (non-hydrogen) atoms. The number of rotatable bonds is 7. The van der Waals surface area contributed by atoms with E-state index in [1.54, 1.807) is 7.11 Å². The Morgan fingerprint density at radius 1 is 1.33 bits per heavy atom. The number of nitrogens with zero attached hydrogens (tertiary/aromatic N) is 1. The Morgan fingerprint density at radius 2 is 2.07 bits per heavy atom. The lowest BCUT2D eigenvalue weighted by molar-refractivity contribution is 0.0937. The summed E-state index contributed by atoms with van der Waals surface area (Å²) in [6.45, 7) is 5.18. The van der Waals surface area contributed by atoms with Gasteiger partial charge in [0.1, 0.15) is 5.75 Å². The number of ether oxygens (including phenoxy) is 1. The van der Waals surface area contributed by atoms with Gasteiger partial charge >= 0.3 is 0 Å². The maximum absolute atomic E-state index is 12.9. The standard InChI is InChI=1S/C21H27BrN2O2.ClH/c1-3-4-11-24-12-7-8-15(24)14-23-21(25)18-13-19(22)16-9-5-6-10-17(16)20(18)26-2;/h5-6,9-10,13,15H,3-4,7-8,11-12,14H2,1-2H3,(H,23,25);1H. The topological polar surface area (TPSA) is 41.6 Å². The highest BCUT2D eigenvalue weighted by molar-refractivity contribution is 9.10. The van der Waals surface area contributed by atoms with Crippen LogP contribution in [-0.4, -0.2) is 43.6 Å². The van der Waals surface area contributed by atoms with Gasteiger partial charge in [0.25, 0.3) is 5.91 Å². The van der Waals surface area contributed by atoms with Crippen LogP contribution in [0.2, 0.25) is 0 Å². The lowest BCUT2D eigenvalue weighted by Crippen LogP contribution is -2.40. The second-order valence-corrected chi connectivity index (χ2v) is 7.73. The highest BCUT2D eigenvalue weighted by Crippen LogP contribution is 2.35. The van der Waals surface area contributed by atoms with Gasteiger partial charge in [-0.2, -0.15) is 0 Å². The quantitative estimate of drug-likeness (QED) is 0.637. The predicted molar refractivity (Wildman–Crippen MR) is 117 cm³/mol. The van der Waals surface area contributed by atoms with E-state index in [9.17, 15) is 4.79 Å². The van der Waals surface area contributed by atoms with Crippen LogP contribution in [0.5, 0.6) is 5.75 Å². The molecule has 1 saturated heterocycles. The van der Waals surface area contributed by atoms with Gasteiger partial charge in [0.2, 0.25) is 0 Å². The molecule has 2 aromatic rings. The van der Waals surface area contributed by atoms with Gasteiger partial charge in [-0.3, -0.25) is 9.69 Å². The zero-order valence-electron chi connectivity index (χ0n) is 16.0. The molecule has 148 valence electrons. The van der Waals surface area contributed by atoms with Gasteiger partial charge in [0.15, 0.2) is 0 Å². The molecule has 0 spiro atoms. The zero-order valence-corrected chi connectivity index (χ0v) is 18.4. The molecule has 0 aliphatic carbocycles. The highest BCUT2D eigenvalue weighted by Gasteiger charge is 2.25. The van der Waals surface area contributed by atoms with E-state index in [-0.39, 0.29) is 18.3 Å². The first kappa shape index (κ1) is 22.0. The average molecular weight is 456 g/mol. The Morgan fingerprint density at radius 3 is 2.78 bits per heavy atom. The maximum Gasteiger partial charge on any atom is 0.255 e. The van der Waals surface area contributed by atoms with Crippen molar-refractivity contribution < 1.29 is 9.53 Å². The van der Waals surface area contributed by atoms with E-state index in [4.69, 9.17) is 4.74 Å². The zero-order chi connectivity index (χ0) is 18.5. The minimum Gasteiger partial charge on any atom is -0.495 e. The number of methoxy groups -OCH3 is 1. The first-order valence-electron chi connectivity index (χ1n) is 9.43. The molecular weight excluding hydrogens is 428 g/mol. The summed E-state index contributed by atoms with van der Waals surface area (Å²) in [6.07, 6.45) is 4.80. The van der Waals surface area contributed by atoms with Gasteiger partial charge < -0.3 is 10.1 Å². The number of fused-ring (bicyclic) bond motifs is 1. The Labute approximate surface area is 176 Å². The van der Waals surface area contributed by atoms with E-state index in [0.29, 0.717) is 23.9 Å². The van der Waals surface area contributed by atoms with Crippen molar-refractivity contribution >= 4 is 45.0 Å².